The van der Waals surface area contributed by atoms with E-state index in [1.165, 1.54) is 46.6 Å². The first-order chi connectivity index (χ1) is 18.0. The summed E-state index contributed by atoms with van der Waals surface area (Å²) >= 11 is 1.27. The molecule has 12 heteroatoms. The van der Waals surface area contributed by atoms with E-state index in [1.54, 1.807) is 17.5 Å². The maximum atomic E-state index is 13.3. The van der Waals surface area contributed by atoms with Gasteiger partial charge in [0.15, 0.2) is 0 Å². The number of halogens is 3. The predicted octanol–water partition coefficient (Wildman–Crippen LogP) is 3.71. The Morgan fingerprint density at radius 1 is 1.11 bits per heavy atom. The molecular weight excluding hydrogens is 521 g/mol. The van der Waals surface area contributed by atoms with Crippen LogP contribution in [0.2, 0.25) is 0 Å². The molecular formula is C26H25F3N4O4S. The Kier molecular flexibility index (Phi) is 8.00. The van der Waals surface area contributed by atoms with Gasteiger partial charge in [0.1, 0.15) is 17.5 Å². The summed E-state index contributed by atoms with van der Waals surface area (Å²) < 4.78 is 40.0. The Morgan fingerprint density at radius 2 is 1.76 bits per heavy atom. The molecule has 1 aromatic heterocycles. The first-order valence-corrected chi connectivity index (χ1v) is 12.7. The van der Waals surface area contributed by atoms with E-state index in [4.69, 9.17) is 5.73 Å². The maximum absolute atomic E-state index is 13.3. The van der Waals surface area contributed by atoms with Gasteiger partial charge in [-0.15, -0.1) is 11.3 Å². The minimum Gasteiger partial charge on any atom is -0.508 e. The fourth-order valence-corrected chi connectivity index (χ4v) is 5.29. The van der Waals surface area contributed by atoms with Crippen molar-refractivity contribution in [3.8, 4) is 5.75 Å². The van der Waals surface area contributed by atoms with Crippen LogP contribution in [0.5, 0.6) is 5.75 Å². The smallest absolute Gasteiger partial charge is 0.417 e. The number of amides is 3. The molecule has 0 aliphatic carbocycles. The zero-order valence-corrected chi connectivity index (χ0v) is 20.9. The first-order valence-electron chi connectivity index (χ1n) is 11.8. The molecule has 3 aromatic rings. The molecule has 8 nitrogen and oxygen atoms in total. The summed E-state index contributed by atoms with van der Waals surface area (Å²) in [5.74, 6) is -1.93. The quantitative estimate of drug-likeness (QED) is 0.417. The topological polar surface area (TPSA) is 126 Å². The van der Waals surface area contributed by atoms with Crippen molar-refractivity contribution in [2.24, 2.45) is 5.73 Å². The predicted molar refractivity (Wildman–Crippen MR) is 134 cm³/mol. The second kappa shape index (κ2) is 11.2. The lowest BCUT2D eigenvalue weighted by Crippen LogP contribution is -2.46. The number of aromatic nitrogens is 1. The number of thiazole rings is 1. The van der Waals surface area contributed by atoms with Crippen LogP contribution in [0.4, 0.5) is 13.2 Å². The van der Waals surface area contributed by atoms with Gasteiger partial charge < -0.3 is 21.1 Å². The summed E-state index contributed by atoms with van der Waals surface area (Å²) in [4.78, 5) is 43.3. The van der Waals surface area contributed by atoms with Crippen LogP contribution in [0.25, 0.3) is 0 Å². The molecule has 1 saturated heterocycles. The summed E-state index contributed by atoms with van der Waals surface area (Å²) in [6, 6.07) is 9.94. The van der Waals surface area contributed by atoms with Crippen molar-refractivity contribution in [1.29, 1.82) is 0 Å². The fourth-order valence-electron chi connectivity index (χ4n) is 4.32. The van der Waals surface area contributed by atoms with Crippen LogP contribution >= 0.6 is 11.3 Å². The molecule has 1 aliphatic heterocycles. The average molecular weight is 547 g/mol. The van der Waals surface area contributed by atoms with E-state index >= 15 is 0 Å². The van der Waals surface area contributed by atoms with E-state index < -0.39 is 35.5 Å². The highest BCUT2D eigenvalue weighted by molar-refractivity contribution is 7.09. The largest absolute Gasteiger partial charge is 0.508 e. The molecule has 4 N–H and O–H groups in total. The molecule has 0 bridgehead atoms. The van der Waals surface area contributed by atoms with Crippen LogP contribution in [0.3, 0.4) is 0 Å². The highest BCUT2D eigenvalue weighted by atomic mass is 32.1. The number of rotatable bonds is 7. The van der Waals surface area contributed by atoms with Gasteiger partial charge in [-0.25, -0.2) is 4.98 Å². The van der Waals surface area contributed by atoms with Crippen LogP contribution in [0.15, 0.2) is 53.9 Å². The van der Waals surface area contributed by atoms with Gasteiger partial charge in [0.25, 0.3) is 11.8 Å². The minimum absolute atomic E-state index is 0.0626. The molecule has 0 spiro atoms. The van der Waals surface area contributed by atoms with Gasteiger partial charge in [0, 0.05) is 30.8 Å². The SMILES string of the molecule is NC(=O)C(Cc1ccc(O)cc1)NC(=O)c1csc(C2CCN(C(=O)c3ccccc3C(F)(F)F)CC2)n1. The number of likely N-dealkylation sites (tertiary alicyclic amines) is 1. The lowest BCUT2D eigenvalue weighted by Gasteiger charge is -2.31. The van der Waals surface area contributed by atoms with Gasteiger partial charge in [-0.05, 0) is 42.7 Å². The van der Waals surface area contributed by atoms with Gasteiger partial charge in [0.2, 0.25) is 5.91 Å². The van der Waals surface area contributed by atoms with E-state index in [0.717, 1.165) is 6.07 Å². The number of piperidine rings is 1. The summed E-state index contributed by atoms with van der Waals surface area (Å²) in [6.45, 7) is 0.514. The number of carbonyl (C=O) groups is 3. The monoisotopic (exact) mass is 546 g/mol. The van der Waals surface area contributed by atoms with Gasteiger partial charge >= 0.3 is 6.18 Å². The average Bonchev–Trinajstić information content (AvgIpc) is 3.39. The maximum Gasteiger partial charge on any atom is 0.417 e. The van der Waals surface area contributed by atoms with Gasteiger partial charge in [0.05, 0.1) is 16.1 Å². The highest BCUT2D eigenvalue weighted by Crippen LogP contribution is 2.34. The van der Waals surface area contributed by atoms with Crippen molar-refractivity contribution in [2.75, 3.05) is 13.1 Å². The van der Waals surface area contributed by atoms with E-state index in [9.17, 15) is 32.7 Å². The zero-order chi connectivity index (χ0) is 27.4. The standard InChI is InChI=1S/C26H25F3N4O4S/c27-26(28,29)19-4-2-1-3-18(19)25(37)33-11-9-16(10-12-33)24-32-21(14-38-24)23(36)31-20(22(30)35)13-15-5-7-17(34)8-6-15/h1-8,14,16,20,34H,9-13H2,(H2,30,35)(H,31,36). The Hall–Kier alpha value is -3.93. The van der Waals surface area contributed by atoms with Gasteiger partial charge in [-0.1, -0.05) is 24.3 Å². The van der Waals surface area contributed by atoms with E-state index in [-0.39, 0.29) is 42.4 Å². The molecule has 38 heavy (non-hydrogen) atoms. The molecule has 1 aliphatic rings. The molecule has 1 atom stereocenters. The Balaban J connectivity index is 1.36. The van der Waals surface area contributed by atoms with E-state index in [0.29, 0.717) is 23.4 Å². The molecule has 0 radical (unpaired) electrons. The lowest BCUT2D eigenvalue weighted by molar-refractivity contribution is -0.138. The molecule has 0 saturated carbocycles. The number of nitrogens with one attached hydrogen (secondary N) is 1. The molecule has 200 valence electrons. The van der Waals surface area contributed by atoms with E-state index in [2.05, 4.69) is 10.3 Å². The van der Waals surface area contributed by atoms with Gasteiger partial charge in [-0.3, -0.25) is 14.4 Å². The first kappa shape index (κ1) is 27.1. The number of primary amides is 1. The Bertz CT molecular complexity index is 1320. The van der Waals surface area contributed by atoms with E-state index in [1.807, 2.05) is 0 Å². The number of hydrogen-bond donors (Lipinski definition) is 3. The number of nitrogens with two attached hydrogens (primary N) is 1. The molecule has 3 amide bonds. The second-order valence-electron chi connectivity index (χ2n) is 8.98. The van der Waals surface area contributed by atoms with Crippen molar-refractivity contribution in [3.05, 3.63) is 81.3 Å². The summed E-state index contributed by atoms with van der Waals surface area (Å²) in [6.07, 6.45) is -3.51. The number of nitrogens with zero attached hydrogens (tertiary/aromatic N) is 2. The number of hydrogen-bond acceptors (Lipinski definition) is 6. The molecule has 2 heterocycles. The van der Waals surface area contributed by atoms with Crippen LogP contribution < -0.4 is 11.1 Å². The third kappa shape index (κ3) is 6.31. The number of benzene rings is 2. The van der Waals surface area contributed by atoms with Crippen LogP contribution in [-0.4, -0.2) is 51.8 Å². The normalized spacial score (nSPS) is 15.2. The van der Waals surface area contributed by atoms with Crippen molar-refractivity contribution >= 4 is 29.1 Å². The van der Waals surface area contributed by atoms with Crippen LogP contribution in [0, 0.1) is 0 Å². The number of alkyl halides is 3. The van der Waals surface area contributed by atoms with Gasteiger partial charge in [-0.2, -0.15) is 13.2 Å². The number of phenolic OH excluding ortho intramolecular Hbond substituents is 1. The van der Waals surface area contributed by atoms with Crippen molar-refractivity contribution in [1.82, 2.24) is 15.2 Å². The summed E-state index contributed by atoms with van der Waals surface area (Å²) in [7, 11) is 0. The van der Waals surface area contributed by atoms with Crippen molar-refractivity contribution < 1.29 is 32.7 Å². The molecule has 2 aromatic carbocycles. The number of carbonyl (C=O) groups excluding carboxylic acids is 3. The van der Waals surface area contributed by atoms with Crippen molar-refractivity contribution in [3.63, 3.8) is 0 Å². The molecule has 4 rings (SSSR count). The highest BCUT2D eigenvalue weighted by Gasteiger charge is 2.37. The van der Waals surface area contributed by atoms with Crippen molar-refractivity contribution in [2.45, 2.75) is 37.4 Å². The summed E-state index contributed by atoms with van der Waals surface area (Å²) in [5.41, 5.74) is 4.96. The molecule has 1 fully saturated rings. The Labute approximate surface area is 220 Å². The number of aromatic hydroxyl groups is 1. The third-order valence-corrected chi connectivity index (χ3v) is 7.38. The lowest BCUT2D eigenvalue weighted by atomic mass is 9.96. The minimum atomic E-state index is -4.62. The Morgan fingerprint density at radius 3 is 2.39 bits per heavy atom. The van der Waals surface area contributed by atoms with Crippen LogP contribution in [0.1, 0.15) is 55.7 Å². The zero-order valence-electron chi connectivity index (χ0n) is 20.1. The third-order valence-electron chi connectivity index (χ3n) is 6.37. The number of phenols is 1. The summed E-state index contributed by atoms with van der Waals surface area (Å²) in [5, 5.41) is 14.2. The van der Waals surface area contributed by atoms with Crippen LogP contribution in [-0.2, 0) is 17.4 Å². The molecule has 1 unspecified atom stereocenters. The fraction of sp³-hybridized carbons (Fsp3) is 0.308. The second-order valence-corrected chi connectivity index (χ2v) is 9.87.